The van der Waals surface area contributed by atoms with Crippen LogP contribution in [0.5, 0.6) is 0 Å². The van der Waals surface area contributed by atoms with E-state index in [-0.39, 0.29) is 5.91 Å². The molecule has 2 aromatic heterocycles. The first-order valence-corrected chi connectivity index (χ1v) is 8.71. The van der Waals surface area contributed by atoms with Crippen molar-refractivity contribution in [2.24, 2.45) is 7.05 Å². The largest absolute Gasteiger partial charge is 0.381 e. The maximum atomic E-state index is 12.6. The number of carbonyl (C=O) groups excluding carboxylic acids is 1. The number of nitrogens with zero attached hydrogens (tertiary/aromatic N) is 5. The Kier molecular flexibility index (Phi) is 5.21. The van der Waals surface area contributed by atoms with Crippen molar-refractivity contribution < 1.29 is 4.79 Å². The molecular formula is C18H26N6O. The van der Waals surface area contributed by atoms with Crippen LogP contribution >= 0.6 is 0 Å². The Bertz CT molecular complexity index is 709. The molecule has 0 radical (unpaired) electrons. The molecule has 25 heavy (non-hydrogen) atoms. The molecule has 1 N–H and O–H groups in total. The van der Waals surface area contributed by atoms with E-state index in [0.717, 1.165) is 43.9 Å². The van der Waals surface area contributed by atoms with Crippen molar-refractivity contribution in [1.29, 1.82) is 0 Å². The van der Waals surface area contributed by atoms with Crippen molar-refractivity contribution >= 4 is 17.4 Å². The van der Waals surface area contributed by atoms with E-state index in [1.54, 1.807) is 17.1 Å². The highest BCUT2D eigenvalue weighted by Crippen LogP contribution is 2.19. The summed E-state index contributed by atoms with van der Waals surface area (Å²) in [4.78, 5) is 20.9. The number of likely N-dealkylation sites (tertiary alicyclic amines) is 1. The van der Waals surface area contributed by atoms with E-state index in [9.17, 15) is 4.79 Å². The van der Waals surface area contributed by atoms with E-state index < -0.39 is 0 Å². The number of hydrogen-bond donors (Lipinski definition) is 1. The number of nitrogens with one attached hydrogen (secondary N) is 1. The van der Waals surface area contributed by atoms with Crippen LogP contribution in [0.1, 0.15) is 29.6 Å². The second-order valence-electron chi connectivity index (χ2n) is 6.77. The van der Waals surface area contributed by atoms with E-state index in [4.69, 9.17) is 0 Å². The molecule has 7 nitrogen and oxygen atoms in total. The minimum Gasteiger partial charge on any atom is -0.381 e. The molecule has 7 heteroatoms. The van der Waals surface area contributed by atoms with Gasteiger partial charge in [-0.2, -0.15) is 5.10 Å². The molecule has 1 aliphatic rings. The standard InChI is InChI=1S/C18H26N6O/c1-22(2)17-7-6-16(12-19-17)21-15-5-4-9-24(10-8-15)18(25)14-11-20-23(3)13-14/h6-7,11-13,15,21H,4-5,8-10H2,1-3H3/t15-/m0/s1. The number of hydrogen-bond acceptors (Lipinski definition) is 5. The molecule has 1 saturated heterocycles. The summed E-state index contributed by atoms with van der Waals surface area (Å²) in [6.45, 7) is 1.55. The fourth-order valence-electron chi connectivity index (χ4n) is 3.13. The normalized spacial score (nSPS) is 17.9. The van der Waals surface area contributed by atoms with Gasteiger partial charge in [0.2, 0.25) is 0 Å². The minimum atomic E-state index is 0.0748. The zero-order chi connectivity index (χ0) is 17.8. The van der Waals surface area contributed by atoms with Gasteiger partial charge in [-0.25, -0.2) is 4.98 Å². The maximum absolute atomic E-state index is 12.6. The summed E-state index contributed by atoms with van der Waals surface area (Å²) in [5.41, 5.74) is 1.69. The summed E-state index contributed by atoms with van der Waals surface area (Å²) in [5.74, 6) is 1.02. The molecular weight excluding hydrogens is 316 g/mol. The van der Waals surface area contributed by atoms with Crippen LogP contribution in [-0.4, -0.2) is 58.8 Å². The lowest BCUT2D eigenvalue weighted by molar-refractivity contribution is 0.0761. The van der Waals surface area contributed by atoms with Gasteiger partial charge in [0.05, 0.1) is 23.6 Å². The average molecular weight is 342 g/mol. The van der Waals surface area contributed by atoms with Crippen LogP contribution in [-0.2, 0) is 7.05 Å². The third-order valence-corrected chi connectivity index (χ3v) is 4.54. The molecule has 3 rings (SSSR count). The van der Waals surface area contributed by atoms with Crippen LogP contribution in [0.25, 0.3) is 0 Å². The maximum Gasteiger partial charge on any atom is 0.257 e. The van der Waals surface area contributed by atoms with Crippen molar-refractivity contribution in [3.63, 3.8) is 0 Å². The number of rotatable bonds is 4. The quantitative estimate of drug-likeness (QED) is 0.920. The Morgan fingerprint density at radius 3 is 2.72 bits per heavy atom. The van der Waals surface area contributed by atoms with E-state index in [2.05, 4.69) is 21.5 Å². The smallest absolute Gasteiger partial charge is 0.257 e. The second-order valence-corrected chi connectivity index (χ2v) is 6.77. The topological polar surface area (TPSA) is 66.3 Å². The van der Waals surface area contributed by atoms with Gasteiger partial charge in [0.15, 0.2) is 0 Å². The van der Waals surface area contributed by atoms with Crippen molar-refractivity contribution in [2.75, 3.05) is 37.4 Å². The molecule has 3 heterocycles. The van der Waals surface area contributed by atoms with E-state index >= 15 is 0 Å². The van der Waals surface area contributed by atoms with Gasteiger partial charge in [0.25, 0.3) is 5.91 Å². The van der Waals surface area contributed by atoms with E-state index in [0.29, 0.717) is 11.6 Å². The zero-order valence-electron chi connectivity index (χ0n) is 15.1. The van der Waals surface area contributed by atoms with Crippen LogP contribution in [0.15, 0.2) is 30.7 Å². The molecule has 0 spiro atoms. The molecule has 2 aromatic rings. The summed E-state index contributed by atoms with van der Waals surface area (Å²) in [7, 11) is 5.79. The number of pyridine rings is 1. The Hall–Kier alpha value is -2.57. The number of anilines is 2. The molecule has 0 unspecified atom stereocenters. The highest BCUT2D eigenvalue weighted by molar-refractivity contribution is 5.93. The minimum absolute atomic E-state index is 0.0748. The Morgan fingerprint density at radius 1 is 1.24 bits per heavy atom. The van der Waals surface area contributed by atoms with Crippen LogP contribution < -0.4 is 10.2 Å². The van der Waals surface area contributed by atoms with Gasteiger partial charge in [-0.15, -0.1) is 0 Å². The first-order valence-electron chi connectivity index (χ1n) is 8.71. The number of amides is 1. The summed E-state index contributed by atoms with van der Waals surface area (Å²) in [6.07, 6.45) is 8.27. The predicted octanol–water partition coefficient (Wildman–Crippen LogP) is 1.99. The molecule has 1 fully saturated rings. The third-order valence-electron chi connectivity index (χ3n) is 4.54. The van der Waals surface area contributed by atoms with E-state index in [1.807, 2.05) is 43.2 Å². The van der Waals surface area contributed by atoms with E-state index in [1.165, 1.54) is 0 Å². The highest BCUT2D eigenvalue weighted by atomic mass is 16.2. The van der Waals surface area contributed by atoms with Gasteiger partial charge >= 0.3 is 0 Å². The number of aromatic nitrogens is 3. The van der Waals surface area contributed by atoms with Crippen molar-refractivity contribution in [3.8, 4) is 0 Å². The number of aryl methyl sites for hydroxylation is 1. The summed E-state index contributed by atoms with van der Waals surface area (Å²) in [5, 5.41) is 7.65. The first-order chi connectivity index (χ1) is 12.0. The Labute approximate surface area is 148 Å². The summed E-state index contributed by atoms with van der Waals surface area (Å²) >= 11 is 0. The van der Waals surface area contributed by atoms with Crippen LogP contribution in [0, 0.1) is 0 Å². The van der Waals surface area contributed by atoms with Gasteiger partial charge in [-0.3, -0.25) is 9.48 Å². The SMILES string of the molecule is CN(C)c1ccc(N[C@H]2CCCN(C(=O)c3cnn(C)c3)CC2)cn1. The fourth-order valence-corrected chi connectivity index (χ4v) is 3.13. The monoisotopic (exact) mass is 342 g/mol. The highest BCUT2D eigenvalue weighted by Gasteiger charge is 2.22. The fraction of sp³-hybridized carbons (Fsp3) is 0.500. The first kappa shape index (κ1) is 17.3. The third kappa shape index (κ3) is 4.29. The van der Waals surface area contributed by atoms with Gasteiger partial charge in [-0.1, -0.05) is 0 Å². The predicted molar refractivity (Wildman–Crippen MR) is 98.9 cm³/mol. The van der Waals surface area contributed by atoms with Gasteiger partial charge in [-0.05, 0) is 31.4 Å². The Morgan fingerprint density at radius 2 is 2.08 bits per heavy atom. The van der Waals surface area contributed by atoms with Gasteiger partial charge < -0.3 is 15.1 Å². The molecule has 1 amide bonds. The summed E-state index contributed by atoms with van der Waals surface area (Å²) < 4.78 is 1.67. The molecule has 0 aromatic carbocycles. The van der Waals surface area contributed by atoms with Crippen LogP contribution in [0.4, 0.5) is 11.5 Å². The van der Waals surface area contributed by atoms with Gasteiger partial charge in [0, 0.05) is 46.5 Å². The molecule has 0 aliphatic carbocycles. The zero-order valence-corrected chi connectivity index (χ0v) is 15.1. The number of carbonyl (C=O) groups is 1. The molecule has 0 saturated carbocycles. The Balaban J connectivity index is 1.57. The second kappa shape index (κ2) is 7.55. The van der Waals surface area contributed by atoms with Crippen molar-refractivity contribution in [3.05, 3.63) is 36.3 Å². The van der Waals surface area contributed by atoms with Gasteiger partial charge in [0.1, 0.15) is 5.82 Å². The van der Waals surface area contributed by atoms with Crippen LogP contribution in [0.2, 0.25) is 0 Å². The average Bonchev–Trinajstić information content (AvgIpc) is 2.90. The molecule has 134 valence electrons. The summed E-state index contributed by atoms with van der Waals surface area (Å²) in [6, 6.07) is 4.43. The lowest BCUT2D eigenvalue weighted by atomic mass is 10.1. The lowest BCUT2D eigenvalue weighted by Crippen LogP contribution is -2.32. The van der Waals surface area contributed by atoms with Crippen LogP contribution in [0.3, 0.4) is 0 Å². The van der Waals surface area contributed by atoms with Crippen molar-refractivity contribution in [1.82, 2.24) is 19.7 Å². The molecule has 1 atom stereocenters. The van der Waals surface area contributed by atoms with Crippen molar-refractivity contribution in [2.45, 2.75) is 25.3 Å². The molecule has 0 bridgehead atoms. The molecule has 1 aliphatic heterocycles. The lowest BCUT2D eigenvalue weighted by Gasteiger charge is -2.21.